The molecular formula is C15H27N3S. The van der Waals surface area contributed by atoms with E-state index in [0.717, 1.165) is 35.5 Å². The topological polar surface area (TPSA) is 37.8 Å². The minimum absolute atomic E-state index is 0.444. The highest BCUT2D eigenvalue weighted by Crippen LogP contribution is 2.32. The van der Waals surface area contributed by atoms with Crippen molar-refractivity contribution in [1.29, 1.82) is 0 Å². The van der Waals surface area contributed by atoms with Gasteiger partial charge in [-0.15, -0.1) is 11.8 Å². The molecule has 0 aliphatic rings. The summed E-state index contributed by atoms with van der Waals surface area (Å²) in [5.41, 5.74) is 1.27. The van der Waals surface area contributed by atoms with Gasteiger partial charge in [0.1, 0.15) is 17.2 Å². The Hall–Kier alpha value is -0.770. The fourth-order valence-electron chi connectivity index (χ4n) is 1.74. The number of thioether (sulfide) groups is 1. The first-order chi connectivity index (χ1) is 9.10. The Kier molecular flexibility index (Phi) is 7.21. The van der Waals surface area contributed by atoms with Gasteiger partial charge in [0, 0.05) is 17.9 Å². The van der Waals surface area contributed by atoms with E-state index in [9.17, 15) is 0 Å². The Morgan fingerprint density at radius 1 is 1.21 bits per heavy atom. The van der Waals surface area contributed by atoms with Gasteiger partial charge in [-0.25, -0.2) is 9.97 Å². The van der Waals surface area contributed by atoms with Crippen LogP contribution in [0, 0.1) is 5.92 Å². The van der Waals surface area contributed by atoms with Gasteiger partial charge in [-0.05, 0) is 18.3 Å². The maximum absolute atomic E-state index is 4.49. The van der Waals surface area contributed by atoms with Crippen LogP contribution >= 0.6 is 11.8 Å². The molecule has 1 aromatic heterocycles. The van der Waals surface area contributed by atoms with E-state index in [0.29, 0.717) is 5.92 Å². The van der Waals surface area contributed by atoms with E-state index in [1.54, 1.807) is 6.33 Å². The fourth-order valence-corrected chi connectivity index (χ4v) is 3.03. The number of nitrogens with zero attached hydrogens (tertiary/aromatic N) is 2. The molecule has 1 unspecified atom stereocenters. The van der Waals surface area contributed by atoms with Crippen molar-refractivity contribution in [2.75, 3.05) is 17.6 Å². The molecule has 0 saturated carbocycles. The summed E-state index contributed by atoms with van der Waals surface area (Å²) in [5.74, 6) is 3.31. The molecule has 1 atom stereocenters. The van der Waals surface area contributed by atoms with Crippen LogP contribution in [0.25, 0.3) is 0 Å². The minimum atomic E-state index is 0.444. The molecular weight excluding hydrogens is 254 g/mol. The lowest BCUT2D eigenvalue weighted by Crippen LogP contribution is -2.09. The van der Waals surface area contributed by atoms with Crippen molar-refractivity contribution in [3.8, 4) is 0 Å². The quantitative estimate of drug-likeness (QED) is 0.560. The standard InChI is InChI=1S/C15H27N3S/c1-6-8-16-14-13(11(3)4)15(18-10-17-14)19-9-12(5)7-2/h10-12H,6-9H2,1-5H3,(H,16,17,18). The summed E-state index contributed by atoms with van der Waals surface area (Å²) in [5, 5.41) is 4.56. The van der Waals surface area contributed by atoms with Crippen LogP contribution in [0.15, 0.2) is 11.4 Å². The first-order valence-electron chi connectivity index (χ1n) is 7.31. The molecule has 0 aliphatic heterocycles. The van der Waals surface area contributed by atoms with Gasteiger partial charge >= 0.3 is 0 Å². The number of aromatic nitrogens is 2. The number of hydrogen-bond donors (Lipinski definition) is 1. The first-order valence-corrected chi connectivity index (χ1v) is 8.30. The van der Waals surface area contributed by atoms with Gasteiger partial charge in [0.15, 0.2) is 0 Å². The zero-order valence-corrected chi connectivity index (χ0v) is 13.7. The number of rotatable bonds is 8. The predicted molar refractivity (Wildman–Crippen MR) is 85.1 cm³/mol. The third-order valence-electron chi connectivity index (χ3n) is 3.17. The van der Waals surface area contributed by atoms with Crippen LogP contribution in [0.3, 0.4) is 0 Å². The molecule has 0 amide bonds. The van der Waals surface area contributed by atoms with E-state index >= 15 is 0 Å². The van der Waals surface area contributed by atoms with Gasteiger partial charge in [-0.3, -0.25) is 0 Å². The molecule has 0 aliphatic carbocycles. The Morgan fingerprint density at radius 2 is 1.95 bits per heavy atom. The van der Waals surface area contributed by atoms with Crippen molar-refractivity contribution in [3.05, 3.63) is 11.9 Å². The second-order valence-electron chi connectivity index (χ2n) is 5.35. The molecule has 1 rings (SSSR count). The Balaban J connectivity index is 2.89. The first kappa shape index (κ1) is 16.3. The average molecular weight is 281 g/mol. The summed E-state index contributed by atoms with van der Waals surface area (Å²) in [7, 11) is 0. The smallest absolute Gasteiger partial charge is 0.133 e. The highest BCUT2D eigenvalue weighted by atomic mass is 32.2. The molecule has 4 heteroatoms. The normalized spacial score (nSPS) is 12.7. The molecule has 0 spiro atoms. The second-order valence-corrected chi connectivity index (χ2v) is 6.36. The van der Waals surface area contributed by atoms with Gasteiger partial charge in [-0.1, -0.05) is 41.0 Å². The average Bonchev–Trinajstić information content (AvgIpc) is 2.41. The summed E-state index contributed by atoms with van der Waals surface area (Å²) in [4.78, 5) is 8.90. The molecule has 1 N–H and O–H groups in total. The Bertz CT molecular complexity index is 380. The van der Waals surface area contributed by atoms with Crippen LogP contribution < -0.4 is 5.32 Å². The molecule has 1 aromatic rings. The number of nitrogens with one attached hydrogen (secondary N) is 1. The predicted octanol–water partition coefficient (Wildman–Crippen LogP) is 4.56. The number of hydrogen-bond acceptors (Lipinski definition) is 4. The third-order valence-corrected chi connectivity index (χ3v) is 4.50. The van der Waals surface area contributed by atoms with Crippen molar-refractivity contribution in [2.45, 2.75) is 58.4 Å². The molecule has 0 radical (unpaired) electrons. The zero-order valence-electron chi connectivity index (χ0n) is 12.9. The zero-order chi connectivity index (χ0) is 14.3. The number of anilines is 1. The van der Waals surface area contributed by atoms with E-state index < -0.39 is 0 Å². The lowest BCUT2D eigenvalue weighted by molar-refractivity contribution is 0.636. The van der Waals surface area contributed by atoms with E-state index in [1.165, 1.54) is 12.0 Å². The molecule has 19 heavy (non-hydrogen) atoms. The minimum Gasteiger partial charge on any atom is -0.370 e. The maximum Gasteiger partial charge on any atom is 0.133 e. The molecule has 0 fully saturated rings. The second kappa shape index (κ2) is 8.41. The summed E-state index contributed by atoms with van der Waals surface area (Å²) in [6.07, 6.45) is 4.01. The van der Waals surface area contributed by atoms with Crippen molar-refractivity contribution in [1.82, 2.24) is 9.97 Å². The van der Waals surface area contributed by atoms with Crippen molar-refractivity contribution < 1.29 is 0 Å². The highest BCUT2D eigenvalue weighted by Gasteiger charge is 2.15. The van der Waals surface area contributed by atoms with Crippen LogP contribution in [0.4, 0.5) is 5.82 Å². The van der Waals surface area contributed by atoms with Crippen LogP contribution in [0.5, 0.6) is 0 Å². The maximum atomic E-state index is 4.49. The van der Waals surface area contributed by atoms with Gasteiger partial charge < -0.3 is 5.32 Å². The summed E-state index contributed by atoms with van der Waals surface area (Å²) < 4.78 is 0. The van der Waals surface area contributed by atoms with Crippen LogP contribution in [-0.2, 0) is 0 Å². The lowest BCUT2D eigenvalue weighted by Gasteiger charge is -2.17. The van der Waals surface area contributed by atoms with Crippen LogP contribution in [-0.4, -0.2) is 22.3 Å². The monoisotopic (exact) mass is 281 g/mol. The largest absolute Gasteiger partial charge is 0.370 e. The van der Waals surface area contributed by atoms with Gasteiger partial charge in [0.05, 0.1) is 0 Å². The van der Waals surface area contributed by atoms with Crippen molar-refractivity contribution in [3.63, 3.8) is 0 Å². The molecule has 0 aromatic carbocycles. The molecule has 0 saturated heterocycles. The van der Waals surface area contributed by atoms with Crippen molar-refractivity contribution in [2.24, 2.45) is 5.92 Å². The molecule has 1 heterocycles. The molecule has 0 bridgehead atoms. The third kappa shape index (κ3) is 5.01. The summed E-state index contributed by atoms with van der Waals surface area (Å²) in [6, 6.07) is 0. The van der Waals surface area contributed by atoms with E-state index in [2.05, 4.69) is 49.9 Å². The SMILES string of the molecule is CCCNc1ncnc(SCC(C)CC)c1C(C)C. The van der Waals surface area contributed by atoms with E-state index in [4.69, 9.17) is 0 Å². The molecule has 3 nitrogen and oxygen atoms in total. The van der Waals surface area contributed by atoms with Gasteiger partial charge in [-0.2, -0.15) is 0 Å². The highest BCUT2D eigenvalue weighted by molar-refractivity contribution is 7.99. The summed E-state index contributed by atoms with van der Waals surface area (Å²) in [6.45, 7) is 12.1. The van der Waals surface area contributed by atoms with Crippen molar-refractivity contribution >= 4 is 17.6 Å². The van der Waals surface area contributed by atoms with Gasteiger partial charge in [0.25, 0.3) is 0 Å². The van der Waals surface area contributed by atoms with Crippen LogP contribution in [0.2, 0.25) is 0 Å². The Morgan fingerprint density at radius 3 is 2.53 bits per heavy atom. The van der Waals surface area contributed by atoms with E-state index in [1.807, 2.05) is 11.8 Å². The lowest BCUT2D eigenvalue weighted by atomic mass is 10.1. The fraction of sp³-hybridized carbons (Fsp3) is 0.733. The molecule has 108 valence electrons. The van der Waals surface area contributed by atoms with Gasteiger partial charge in [0.2, 0.25) is 0 Å². The van der Waals surface area contributed by atoms with Crippen LogP contribution in [0.1, 0.15) is 58.9 Å². The Labute approximate surface area is 122 Å². The summed E-state index contributed by atoms with van der Waals surface area (Å²) >= 11 is 1.86. The van der Waals surface area contributed by atoms with E-state index in [-0.39, 0.29) is 0 Å².